The van der Waals surface area contributed by atoms with Crippen LogP contribution in [0.25, 0.3) is 0 Å². The van der Waals surface area contributed by atoms with Crippen molar-refractivity contribution in [3.05, 3.63) is 28.8 Å². The lowest BCUT2D eigenvalue weighted by molar-refractivity contribution is 0.0595. The normalized spacial score (nSPS) is 17.9. The fraction of sp³-hybridized carbons (Fsp3) is 0.500. The fourth-order valence-corrected chi connectivity index (χ4v) is 3.59. The first-order chi connectivity index (χ1) is 10.4. The molecule has 0 atom stereocenters. The van der Waals surface area contributed by atoms with Crippen LogP contribution >= 0.6 is 11.6 Å². The number of esters is 1. The number of nitrogens with zero attached hydrogens (tertiary/aromatic N) is 1. The highest BCUT2D eigenvalue weighted by molar-refractivity contribution is 7.91. The van der Waals surface area contributed by atoms with E-state index in [2.05, 4.69) is 0 Å². The van der Waals surface area contributed by atoms with Gasteiger partial charge in [0.05, 0.1) is 18.6 Å². The number of halogens is 1. The molecule has 1 aromatic carbocycles. The second-order valence-electron chi connectivity index (χ2n) is 4.97. The minimum absolute atomic E-state index is 0.178. The van der Waals surface area contributed by atoms with E-state index in [0.717, 1.165) is 0 Å². The third-order valence-corrected chi connectivity index (χ3v) is 5.30. The molecule has 2 rings (SSSR count). The van der Waals surface area contributed by atoms with E-state index in [4.69, 9.17) is 21.1 Å². The van der Waals surface area contributed by atoms with Crippen molar-refractivity contribution in [2.24, 2.45) is 0 Å². The van der Waals surface area contributed by atoms with E-state index >= 15 is 0 Å². The summed E-state index contributed by atoms with van der Waals surface area (Å²) in [7, 11) is -1.58. The van der Waals surface area contributed by atoms with Crippen LogP contribution in [0.15, 0.2) is 18.2 Å². The number of hydrogen-bond acceptors (Lipinski definition) is 6. The average molecular weight is 348 g/mol. The van der Waals surface area contributed by atoms with Crippen LogP contribution in [0.3, 0.4) is 0 Å². The first-order valence-electron chi connectivity index (χ1n) is 6.85. The average Bonchev–Trinajstić information content (AvgIpc) is 2.48. The molecule has 0 spiro atoms. The number of hydrogen-bond donors (Lipinski definition) is 0. The Kier molecular flexibility index (Phi) is 5.66. The second-order valence-corrected chi connectivity index (χ2v) is 7.71. The lowest BCUT2D eigenvalue weighted by Gasteiger charge is -2.26. The van der Waals surface area contributed by atoms with E-state index in [0.29, 0.717) is 42.6 Å². The summed E-state index contributed by atoms with van der Waals surface area (Å²) in [6, 6.07) is 4.71. The smallest absolute Gasteiger partial charge is 0.341 e. The molecular formula is C14H18ClNO5S. The van der Waals surface area contributed by atoms with Crippen LogP contribution in [-0.2, 0) is 14.6 Å². The molecule has 0 unspecified atom stereocenters. The molecule has 6 nitrogen and oxygen atoms in total. The SMILES string of the molecule is COC(=O)c1ccc(Cl)cc1OCCN1CCS(=O)(=O)CC1. The largest absolute Gasteiger partial charge is 0.491 e. The first-order valence-corrected chi connectivity index (χ1v) is 9.05. The monoisotopic (exact) mass is 347 g/mol. The Morgan fingerprint density at radius 2 is 2.00 bits per heavy atom. The Bertz CT molecular complexity index is 633. The fourth-order valence-electron chi connectivity index (χ4n) is 2.15. The molecule has 0 saturated carbocycles. The van der Waals surface area contributed by atoms with Gasteiger partial charge in [-0.25, -0.2) is 13.2 Å². The van der Waals surface area contributed by atoms with Crippen molar-refractivity contribution < 1.29 is 22.7 Å². The van der Waals surface area contributed by atoms with Crippen molar-refractivity contribution >= 4 is 27.4 Å². The van der Waals surface area contributed by atoms with Gasteiger partial charge in [-0.2, -0.15) is 0 Å². The van der Waals surface area contributed by atoms with Gasteiger partial charge in [0.1, 0.15) is 17.9 Å². The van der Waals surface area contributed by atoms with Crippen LogP contribution in [0.4, 0.5) is 0 Å². The number of rotatable bonds is 5. The van der Waals surface area contributed by atoms with E-state index < -0.39 is 15.8 Å². The zero-order chi connectivity index (χ0) is 16.2. The Morgan fingerprint density at radius 3 is 2.64 bits per heavy atom. The third kappa shape index (κ3) is 4.59. The second kappa shape index (κ2) is 7.30. The van der Waals surface area contributed by atoms with Gasteiger partial charge in [-0.1, -0.05) is 11.6 Å². The first kappa shape index (κ1) is 17.1. The summed E-state index contributed by atoms with van der Waals surface area (Å²) in [5.41, 5.74) is 0.313. The molecule has 0 N–H and O–H groups in total. The van der Waals surface area contributed by atoms with Crippen LogP contribution in [0, 0.1) is 0 Å². The molecule has 8 heteroatoms. The molecule has 1 aromatic rings. The van der Waals surface area contributed by atoms with E-state index in [9.17, 15) is 13.2 Å². The highest BCUT2D eigenvalue weighted by Gasteiger charge is 2.21. The Morgan fingerprint density at radius 1 is 1.32 bits per heavy atom. The summed E-state index contributed by atoms with van der Waals surface area (Å²) < 4.78 is 33.0. The van der Waals surface area contributed by atoms with Gasteiger partial charge in [0, 0.05) is 24.7 Å². The summed E-state index contributed by atoms with van der Waals surface area (Å²) in [5, 5.41) is 0.465. The summed E-state index contributed by atoms with van der Waals surface area (Å²) in [4.78, 5) is 13.7. The highest BCUT2D eigenvalue weighted by atomic mass is 35.5. The molecule has 22 heavy (non-hydrogen) atoms. The Balaban J connectivity index is 1.92. The summed E-state index contributed by atoms with van der Waals surface area (Å²) in [6.07, 6.45) is 0. The molecular weight excluding hydrogens is 330 g/mol. The molecule has 0 amide bonds. The number of carbonyl (C=O) groups excluding carboxylic acids is 1. The van der Waals surface area contributed by atoms with Crippen molar-refractivity contribution in [1.82, 2.24) is 4.90 Å². The van der Waals surface area contributed by atoms with Gasteiger partial charge in [-0.15, -0.1) is 0 Å². The van der Waals surface area contributed by atoms with E-state index in [1.807, 2.05) is 4.90 Å². The summed E-state index contributed by atoms with van der Waals surface area (Å²) in [5.74, 6) is 0.231. The maximum absolute atomic E-state index is 11.7. The predicted octanol–water partition coefficient (Wildman–Crippen LogP) is 1.24. The number of carbonyl (C=O) groups is 1. The van der Waals surface area contributed by atoms with Gasteiger partial charge in [0.25, 0.3) is 0 Å². The third-order valence-electron chi connectivity index (χ3n) is 3.45. The zero-order valence-electron chi connectivity index (χ0n) is 12.2. The van der Waals surface area contributed by atoms with Crippen molar-refractivity contribution in [2.75, 3.05) is 44.9 Å². The molecule has 0 bridgehead atoms. The molecule has 0 aliphatic carbocycles. The summed E-state index contributed by atoms with van der Waals surface area (Å²) in [6.45, 7) is 1.93. The maximum Gasteiger partial charge on any atom is 0.341 e. The number of ether oxygens (including phenoxy) is 2. The molecule has 0 aromatic heterocycles. The van der Waals surface area contributed by atoms with Crippen molar-refractivity contribution in [3.8, 4) is 5.75 Å². The molecule has 0 radical (unpaired) electrons. The maximum atomic E-state index is 11.7. The van der Waals surface area contributed by atoms with Gasteiger partial charge in [0.15, 0.2) is 9.84 Å². The van der Waals surface area contributed by atoms with Crippen molar-refractivity contribution in [2.45, 2.75) is 0 Å². The molecule has 1 heterocycles. The molecule has 1 saturated heterocycles. The van der Waals surface area contributed by atoms with Crippen LogP contribution in [-0.4, -0.2) is 64.1 Å². The predicted molar refractivity (Wildman–Crippen MR) is 83.4 cm³/mol. The van der Waals surface area contributed by atoms with E-state index in [-0.39, 0.29) is 11.5 Å². The van der Waals surface area contributed by atoms with Crippen molar-refractivity contribution in [1.29, 1.82) is 0 Å². The van der Waals surface area contributed by atoms with Gasteiger partial charge in [-0.05, 0) is 18.2 Å². The summed E-state index contributed by atoms with van der Waals surface area (Å²) >= 11 is 5.91. The van der Waals surface area contributed by atoms with Crippen molar-refractivity contribution in [3.63, 3.8) is 0 Å². The molecule has 1 fully saturated rings. The highest BCUT2D eigenvalue weighted by Crippen LogP contribution is 2.24. The minimum Gasteiger partial charge on any atom is -0.491 e. The van der Waals surface area contributed by atoms with Gasteiger partial charge in [0.2, 0.25) is 0 Å². The molecule has 1 aliphatic rings. The van der Waals surface area contributed by atoms with E-state index in [1.54, 1.807) is 18.2 Å². The van der Waals surface area contributed by atoms with Gasteiger partial charge < -0.3 is 9.47 Å². The van der Waals surface area contributed by atoms with E-state index in [1.165, 1.54) is 7.11 Å². The molecule has 1 aliphatic heterocycles. The molecule has 122 valence electrons. The quantitative estimate of drug-likeness (QED) is 0.746. The number of sulfone groups is 1. The Hall–Kier alpha value is -1.31. The van der Waals surface area contributed by atoms with Crippen LogP contribution in [0.1, 0.15) is 10.4 Å². The van der Waals surface area contributed by atoms with Gasteiger partial charge >= 0.3 is 5.97 Å². The number of benzene rings is 1. The van der Waals surface area contributed by atoms with Crippen LogP contribution in [0.5, 0.6) is 5.75 Å². The lowest BCUT2D eigenvalue weighted by atomic mass is 10.2. The zero-order valence-corrected chi connectivity index (χ0v) is 13.8. The Labute approximate surface area is 134 Å². The lowest BCUT2D eigenvalue weighted by Crippen LogP contribution is -2.42. The number of methoxy groups -OCH3 is 1. The minimum atomic E-state index is -2.88. The van der Waals surface area contributed by atoms with Crippen LogP contribution in [0.2, 0.25) is 5.02 Å². The topological polar surface area (TPSA) is 72.9 Å². The van der Waals surface area contributed by atoms with Crippen LogP contribution < -0.4 is 4.74 Å². The van der Waals surface area contributed by atoms with Gasteiger partial charge in [-0.3, -0.25) is 4.90 Å². The standard InChI is InChI=1S/C14H18ClNO5S/c1-20-14(17)12-3-2-11(15)10-13(12)21-7-4-16-5-8-22(18,19)9-6-16/h2-3,10H,4-9H2,1H3.